The zero-order chi connectivity index (χ0) is 11.5. The number of aromatic nitrogens is 1. The highest BCUT2D eigenvalue weighted by Crippen LogP contribution is 2.32. The molecule has 0 aliphatic carbocycles. The quantitative estimate of drug-likeness (QED) is 0.881. The highest BCUT2D eigenvalue weighted by Gasteiger charge is 2.18. The molecule has 0 bridgehead atoms. The van der Waals surface area contributed by atoms with Gasteiger partial charge in [0.15, 0.2) is 5.13 Å². The van der Waals surface area contributed by atoms with Gasteiger partial charge in [-0.3, -0.25) is 0 Å². The Hall–Kier alpha value is -0.610. The van der Waals surface area contributed by atoms with Gasteiger partial charge in [-0.2, -0.15) is 0 Å². The third-order valence-electron chi connectivity index (χ3n) is 3.25. The van der Waals surface area contributed by atoms with Crippen LogP contribution in [0, 0.1) is 6.92 Å². The average molecular weight is 239 g/mol. The molecule has 0 aromatic carbocycles. The van der Waals surface area contributed by atoms with Gasteiger partial charge in [-0.25, -0.2) is 4.98 Å². The molecule has 0 radical (unpaired) electrons. The number of hydrogen-bond acceptors (Lipinski definition) is 4. The standard InChI is InChI=1S/C12H21N3S/c1-9(8-13)11-10(2)14-12(16-11)15-6-4-3-5-7-15/h9H,3-8,13H2,1-2H3. The highest BCUT2D eigenvalue weighted by molar-refractivity contribution is 7.15. The number of nitrogens with two attached hydrogens (primary N) is 1. The van der Waals surface area contributed by atoms with Crippen molar-refractivity contribution in [2.24, 2.45) is 5.73 Å². The lowest BCUT2D eigenvalue weighted by Gasteiger charge is -2.25. The van der Waals surface area contributed by atoms with Gasteiger partial charge in [0.05, 0.1) is 5.69 Å². The van der Waals surface area contributed by atoms with Crippen molar-refractivity contribution in [3.05, 3.63) is 10.6 Å². The Morgan fingerprint density at radius 2 is 2.06 bits per heavy atom. The first-order valence-corrected chi connectivity index (χ1v) is 6.96. The Balaban J connectivity index is 2.16. The van der Waals surface area contributed by atoms with E-state index in [2.05, 4.69) is 18.7 Å². The van der Waals surface area contributed by atoms with Gasteiger partial charge in [-0.15, -0.1) is 11.3 Å². The lowest BCUT2D eigenvalue weighted by Crippen LogP contribution is -2.29. The van der Waals surface area contributed by atoms with Crippen molar-refractivity contribution in [3.63, 3.8) is 0 Å². The summed E-state index contributed by atoms with van der Waals surface area (Å²) in [6.45, 7) is 7.33. The second-order valence-electron chi connectivity index (χ2n) is 4.63. The summed E-state index contributed by atoms with van der Waals surface area (Å²) in [5.41, 5.74) is 6.90. The predicted molar refractivity (Wildman–Crippen MR) is 70.4 cm³/mol. The minimum absolute atomic E-state index is 0.441. The number of nitrogens with zero attached hydrogens (tertiary/aromatic N) is 2. The van der Waals surface area contributed by atoms with Crippen LogP contribution in [0.25, 0.3) is 0 Å². The second kappa shape index (κ2) is 5.15. The molecule has 1 aromatic heterocycles. The first-order chi connectivity index (χ1) is 7.72. The molecule has 1 saturated heterocycles. The van der Waals surface area contributed by atoms with E-state index in [1.165, 1.54) is 48.1 Å². The number of thiazole rings is 1. The molecular formula is C12H21N3S. The van der Waals surface area contributed by atoms with Crippen molar-refractivity contribution < 1.29 is 0 Å². The fraction of sp³-hybridized carbons (Fsp3) is 0.750. The van der Waals surface area contributed by atoms with E-state index in [9.17, 15) is 0 Å². The molecule has 4 heteroatoms. The van der Waals surface area contributed by atoms with Crippen molar-refractivity contribution in [3.8, 4) is 0 Å². The molecule has 1 aliphatic rings. The minimum atomic E-state index is 0.441. The van der Waals surface area contributed by atoms with Gasteiger partial charge < -0.3 is 10.6 Å². The van der Waals surface area contributed by atoms with Crippen molar-refractivity contribution in [2.45, 2.75) is 39.0 Å². The third-order valence-corrected chi connectivity index (χ3v) is 4.70. The maximum Gasteiger partial charge on any atom is 0.185 e. The molecule has 90 valence electrons. The largest absolute Gasteiger partial charge is 0.348 e. The van der Waals surface area contributed by atoms with Crippen LogP contribution < -0.4 is 10.6 Å². The summed E-state index contributed by atoms with van der Waals surface area (Å²) >= 11 is 1.83. The van der Waals surface area contributed by atoms with Crippen LogP contribution in [0.4, 0.5) is 5.13 Å². The Bertz CT molecular complexity index is 342. The summed E-state index contributed by atoms with van der Waals surface area (Å²) in [5, 5.41) is 1.20. The van der Waals surface area contributed by atoms with E-state index < -0.39 is 0 Å². The average Bonchev–Trinajstić information content (AvgIpc) is 2.71. The number of aryl methyl sites for hydroxylation is 1. The fourth-order valence-corrected chi connectivity index (χ4v) is 3.36. The Morgan fingerprint density at radius 1 is 1.38 bits per heavy atom. The fourth-order valence-electron chi connectivity index (χ4n) is 2.18. The monoisotopic (exact) mass is 239 g/mol. The molecule has 1 atom stereocenters. The van der Waals surface area contributed by atoms with Crippen molar-refractivity contribution in [2.75, 3.05) is 24.5 Å². The topological polar surface area (TPSA) is 42.2 Å². The number of piperidine rings is 1. The SMILES string of the molecule is Cc1nc(N2CCCCC2)sc1C(C)CN. The summed E-state index contributed by atoms with van der Waals surface area (Å²) in [7, 11) is 0. The molecule has 0 saturated carbocycles. The predicted octanol–water partition coefficient (Wildman–Crippen LogP) is 2.50. The lowest BCUT2D eigenvalue weighted by molar-refractivity contribution is 0.576. The van der Waals surface area contributed by atoms with Gasteiger partial charge in [0.2, 0.25) is 0 Å². The Kier molecular flexibility index (Phi) is 3.82. The van der Waals surface area contributed by atoms with Crippen LogP contribution >= 0.6 is 11.3 Å². The van der Waals surface area contributed by atoms with Crippen LogP contribution in [0.15, 0.2) is 0 Å². The van der Waals surface area contributed by atoms with Gasteiger partial charge in [0.25, 0.3) is 0 Å². The maximum absolute atomic E-state index is 5.73. The highest BCUT2D eigenvalue weighted by atomic mass is 32.1. The maximum atomic E-state index is 5.73. The van der Waals surface area contributed by atoms with Crippen LogP contribution in [0.3, 0.4) is 0 Å². The smallest absolute Gasteiger partial charge is 0.185 e. The first-order valence-electron chi connectivity index (χ1n) is 6.14. The van der Waals surface area contributed by atoms with E-state index in [1.807, 2.05) is 11.3 Å². The van der Waals surface area contributed by atoms with E-state index in [4.69, 9.17) is 10.7 Å². The number of rotatable bonds is 3. The van der Waals surface area contributed by atoms with Crippen LogP contribution in [0.5, 0.6) is 0 Å². The lowest BCUT2D eigenvalue weighted by atomic mass is 10.1. The van der Waals surface area contributed by atoms with Gasteiger partial charge in [0.1, 0.15) is 0 Å². The van der Waals surface area contributed by atoms with E-state index >= 15 is 0 Å². The zero-order valence-corrected chi connectivity index (χ0v) is 11.0. The summed E-state index contributed by atoms with van der Waals surface area (Å²) in [6, 6.07) is 0. The molecule has 16 heavy (non-hydrogen) atoms. The van der Waals surface area contributed by atoms with E-state index in [0.29, 0.717) is 12.5 Å². The summed E-state index contributed by atoms with van der Waals surface area (Å²) in [6.07, 6.45) is 3.98. The molecule has 3 nitrogen and oxygen atoms in total. The van der Waals surface area contributed by atoms with Crippen LogP contribution in [0.1, 0.15) is 42.7 Å². The molecule has 1 fully saturated rings. The normalized spacial score (nSPS) is 18.8. The summed E-state index contributed by atoms with van der Waals surface area (Å²) < 4.78 is 0. The van der Waals surface area contributed by atoms with E-state index in [1.54, 1.807) is 0 Å². The molecule has 1 aromatic rings. The molecule has 2 rings (SSSR count). The molecular weight excluding hydrogens is 218 g/mol. The summed E-state index contributed by atoms with van der Waals surface area (Å²) in [4.78, 5) is 8.48. The van der Waals surface area contributed by atoms with Crippen LogP contribution in [-0.4, -0.2) is 24.6 Å². The molecule has 0 spiro atoms. The van der Waals surface area contributed by atoms with E-state index in [-0.39, 0.29) is 0 Å². The Morgan fingerprint density at radius 3 is 2.69 bits per heavy atom. The summed E-state index contributed by atoms with van der Waals surface area (Å²) in [5.74, 6) is 0.441. The number of anilines is 1. The van der Waals surface area contributed by atoms with Crippen molar-refractivity contribution in [1.82, 2.24) is 4.98 Å². The van der Waals surface area contributed by atoms with Gasteiger partial charge in [0, 0.05) is 23.9 Å². The van der Waals surface area contributed by atoms with Crippen molar-refractivity contribution in [1.29, 1.82) is 0 Å². The van der Waals surface area contributed by atoms with Gasteiger partial charge >= 0.3 is 0 Å². The first kappa shape index (κ1) is 11.9. The van der Waals surface area contributed by atoms with Gasteiger partial charge in [-0.05, 0) is 32.7 Å². The van der Waals surface area contributed by atoms with Crippen LogP contribution in [-0.2, 0) is 0 Å². The Labute approximate surface area is 102 Å². The third kappa shape index (κ3) is 2.38. The molecule has 0 amide bonds. The molecule has 1 unspecified atom stereocenters. The molecule has 1 aliphatic heterocycles. The number of hydrogen-bond donors (Lipinski definition) is 1. The van der Waals surface area contributed by atoms with Crippen LogP contribution in [0.2, 0.25) is 0 Å². The van der Waals surface area contributed by atoms with Gasteiger partial charge in [-0.1, -0.05) is 6.92 Å². The minimum Gasteiger partial charge on any atom is -0.348 e. The molecule has 2 N–H and O–H groups in total. The van der Waals surface area contributed by atoms with Crippen molar-refractivity contribution >= 4 is 16.5 Å². The zero-order valence-electron chi connectivity index (χ0n) is 10.2. The molecule has 2 heterocycles. The second-order valence-corrected chi connectivity index (χ2v) is 5.64. The van der Waals surface area contributed by atoms with E-state index in [0.717, 1.165) is 0 Å².